The van der Waals surface area contributed by atoms with Gasteiger partial charge in [0.05, 0.1) is 0 Å². The van der Waals surface area contributed by atoms with Gasteiger partial charge in [0.25, 0.3) is 0 Å². The Morgan fingerprint density at radius 2 is 1.42 bits per heavy atom. The number of carboxylic acids is 1. The molecule has 0 aromatic heterocycles. The van der Waals surface area contributed by atoms with Gasteiger partial charge in [-0.1, -0.05) is 0 Å². The molecule has 2 amide bonds. The molecule has 0 aliphatic carbocycles. The van der Waals surface area contributed by atoms with E-state index in [0.717, 1.165) is 0 Å². The van der Waals surface area contributed by atoms with E-state index in [2.05, 4.69) is 4.99 Å². The fraction of sp³-hybridized carbons (Fsp3) is 0.750. The van der Waals surface area contributed by atoms with E-state index in [9.17, 15) is 19.5 Å². The first-order chi connectivity index (χ1) is 11.6. The monoisotopic (exact) mass is 374 g/mol. The number of nitrogens with two attached hydrogens (primary N) is 2. The first-order valence-electron chi connectivity index (χ1n) is 8.17. The molecule has 0 aromatic carbocycles. The Morgan fingerprint density at radius 1 is 1.00 bits per heavy atom. The number of rotatable bonds is 6. The molecular formula is C16H30N4O6. The summed E-state index contributed by atoms with van der Waals surface area (Å²) in [7, 11) is 0. The van der Waals surface area contributed by atoms with Crippen molar-refractivity contribution in [3.63, 3.8) is 0 Å². The summed E-state index contributed by atoms with van der Waals surface area (Å²) in [6.45, 7) is 9.78. The summed E-state index contributed by atoms with van der Waals surface area (Å²) in [5, 5.41) is 9.50. The number of hydrogen-bond donors (Lipinski definition) is 3. The number of carboxylic acid groups (broad SMARTS) is 1. The second-order valence-electron chi connectivity index (χ2n) is 7.63. The summed E-state index contributed by atoms with van der Waals surface area (Å²) < 4.78 is 10.3. The van der Waals surface area contributed by atoms with Crippen molar-refractivity contribution in [1.29, 1.82) is 0 Å². The van der Waals surface area contributed by atoms with Crippen LogP contribution in [0.2, 0.25) is 0 Å². The first kappa shape index (κ1) is 23.5. The summed E-state index contributed by atoms with van der Waals surface area (Å²) in [5.74, 6) is -1.50. The molecule has 26 heavy (non-hydrogen) atoms. The van der Waals surface area contributed by atoms with Gasteiger partial charge in [0.15, 0.2) is 5.96 Å². The third-order valence-corrected chi connectivity index (χ3v) is 2.71. The highest BCUT2D eigenvalue weighted by molar-refractivity contribution is 5.93. The minimum atomic E-state index is -1.48. The third-order valence-electron chi connectivity index (χ3n) is 2.71. The second-order valence-corrected chi connectivity index (χ2v) is 7.63. The predicted octanol–water partition coefficient (Wildman–Crippen LogP) is 1.67. The summed E-state index contributed by atoms with van der Waals surface area (Å²) in [6.07, 6.45) is -2.02. The highest BCUT2D eigenvalue weighted by Crippen LogP contribution is 2.19. The van der Waals surface area contributed by atoms with Gasteiger partial charge in [-0.25, -0.2) is 14.4 Å². The summed E-state index contributed by atoms with van der Waals surface area (Å²) in [6, 6.07) is -1.48. The molecule has 0 aliphatic heterocycles. The molecule has 0 saturated heterocycles. The smallest absolute Gasteiger partial charge is 0.420 e. The minimum absolute atomic E-state index is 0.0649. The minimum Gasteiger partial charge on any atom is -0.480 e. The third kappa shape index (κ3) is 9.70. The van der Waals surface area contributed by atoms with E-state index < -0.39 is 35.4 Å². The molecule has 5 N–H and O–H groups in total. The lowest BCUT2D eigenvalue weighted by Crippen LogP contribution is -2.52. The Hall–Kier alpha value is -2.52. The van der Waals surface area contributed by atoms with Crippen LogP contribution < -0.4 is 11.5 Å². The molecule has 0 bridgehead atoms. The van der Waals surface area contributed by atoms with Crippen molar-refractivity contribution >= 4 is 24.1 Å². The van der Waals surface area contributed by atoms with Gasteiger partial charge in [0.2, 0.25) is 0 Å². The lowest BCUT2D eigenvalue weighted by molar-refractivity contribution is -0.143. The number of aliphatic carboxylic acids is 1. The molecule has 10 heteroatoms. The normalized spacial score (nSPS) is 12.7. The lowest BCUT2D eigenvalue weighted by Gasteiger charge is -2.31. The van der Waals surface area contributed by atoms with Crippen LogP contribution in [0.4, 0.5) is 9.59 Å². The zero-order valence-electron chi connectivity index (χ0n) is 16.2. The van der Waals surface area contributed by atoms with Crippen LogP contribution >= 0.6 is 0 Å². The molecule has 0 fully saturated rings. The zero-order chi connectivity index (χ0) is 20.7. The predicted molar refractivity (Wildman–Crippen MR) is 95.6 cm³/mol. The maximum atomic E-state index is 12.4. The fourth-order valence-electron chi connectivity index (χ4n) is 1.81. The molecule has 0 radical (unpaired) electrons. The fourth-order valence-corrected chi connectivity index (χ4v) is 1.81. The van der Waals surface area contributed by atoms with Crippen molar-refractivity contribution in [2.24, 2.45) is 16.5 Å². The molecule has 0 aromatic rings. The average Bonchev–Trinajstić information content (AvgIpc) is 2.36. The Bertz CT molecular complexity index is 516. The molecule has 0 saturated carbocycles. The van der Waals surface area contributed by atoms with Crippen molar-refractivity contribution in [3.05, 3.63) is 0 Å². The molecule has 0 aliphatic rings. The molecule has 150 valence electrons. The Labute approximate surface area is 153 Å². The second kappa shape index (κ2) is 9.25. The number of carbonyl (C=O) groups excluding carboxylic acids is 2. The van der Waals surface area contributed by atoms with Gasteiger partial charge in [0.1, 0.15) is 17.2 Å². The van der Waals surface area contributed by atoms with Crippen molar-refractivity contribution in [2.45, 2.75) is 71.6 Å². The van der Waals surface area contributed by atoms with Crippen molar-refractivity contribution < 1.29 is 29.0 Å². The van der Waals surface area contributed by atoms with E-state index >= 15 is 0 Å². The number of imide groups is 1. The molecule has 0 unspecified atom stereocenters. The van der Waals surface area contributed by atoms with Crippen LogP contribution in [-0.2, 0) is 14.3 Å². The van der Waals surface area contributed by atoms with Gasteiger partial charge in [-0.3, -0.25) is 4.99 Å². The number of aliphatic imine (C=N–C) groups is 1. The molecule has 0 heterocycles. The van der Waals surface area contributed by atoms with Gasteiger partial charge in [-0.15, -0.1) is 0 Å². The van der Waals surface area contributed by atoms with Gasteiger partial charge in [0, 0.05) is 6.54 Å². The van der Waals surface area contributed by atoms with Crippen molar-refractivity contribution in [3.8, 4) is 0 Å². The van der Waals surface area contributed by atoms with Crippen LogP contribution in [0.5, 0.6) is 0 Å². The summed E-state index contributed by atoms with van der Waals surface area (Å²) in [5.41, 5.74) is 8.60. The molecular weight excluding hydrogens is 344 g/mol. The number of carbonyl (C=O) groups is 3. The first-order valence-corrected chi connectivity index (χ1v) is 8.17. The van der Waals surface area contributed by atoms with Gasteiger partial charge >= 0.3 is 18.2 Å². The van der Waals surface area contributed by atoms with Gasteiger partial charge < -0.3 is 26.0 Å². The number of hydrogen-bond acceptors (Lipinski definition) is 6. The number of amides is 2. The van der Waals surface area contributed by atoms with Gasteiger partial charge in [-0.2, -0.15) is 4.90 Å². The maximum Gasteiger partial charge on any atom is 0.420 e. The van der Waals surface area contributed by atoms with Crippen molar-refractivity contribution in [2.75, 3.05) is 6.54 Å². The largest absolute Gasteiger partial charge is 0.480 e. The highest BCUT2D eigenvalue weighted by Gasteiger charge is 2.39. The summed E-state index contributed by atoms with van der Waals surface area (Å²) in [4.78, 5) is 40.8. The van der Waals surface area contributed by atoms with E-state index in [1.54, 1.807) is 41.5 Å². The van der Waals surface area contributed by atoms with Crippen LogP contribution in [0.3, 0.4) is 0 Å². The van der Waals surface area contributed by atoms with E-state index in [1.165, 1.54) is 0 Å². The SMILES string of the molecule is CC(C)(C)OC(=O)N(C(=O)OC(C)(C)C)[C@@H](CCCN=C(N)N)C(=O)O. The average molecular weight is 374 g/mol. The van der Waals surface area contributed by atoms with E-state index in [-0.39, 0.29) is 25.3 Å². The Morgan fingerprint density at radius 3 is 1.73 bits per heavy atom. The molecule has 0 spiro atoms. The number of nitrogens with zero attached hydrogens (tertiary/aromatic N) is 2. The molecule has 10 nitrogen and oxygen atoms in total. The van der Waals surface area contributed by atoms with Crippen LogP contribution in [0, 0.1) is 0 Å². The van der Waals surface area contributed by atoms with Crippen LogP contribution in [0.1, 0.15) is 54.4 Å². The standard InChI is InChI=1S/C16H30N4O6/c1-15(2,3)25-13(23)20(14(24)26-16(4,5)6)10(11(21)22)8-7-9-19-12(17)18/h10H,7-9H2,1-6H3,(H,21,22)(H4,17,18,19)/t10-/m0/s1. The van der Waals surface area contributed by atoms with Gasteiger partial charge in [-0.05, 0) is 54.4 Å². The Balaban J connectivity index is 5.52. The highest BCUT2D eigenvalue weighted by atomic mass is 16.6. The zero-order valence-corrected chi connectivity index (χ0v) is 16.2. The quantitative estimate of drug-likeness (QED) is 0.360. The number of guanidine groups is 1. The van der Waals surface area contributed by atoms with E-state index in [4.69, 9.17) is 20.9 Å². The van der Waals surface area contributed by atoms with Crippen LogP contribution in [-0.4, -0.2) is 57.9 Å². The Kier molecular flexibility index (Phi) is 8.36. The molecule has 0 rings (SSSR count). The number of ether oxygens (including phenoxy) is 2. The maximum absolute atomic E-state index is 12.4. The van der Waals surface area contributed by atoms with E-state index in [0.29, 0.717) is 4.90 Å². The molecule has 1 atom stereocenters. The van der Waals surface area contributed by atoms with Crippen LogP contribution in [0.15, 0.2) is 4.99 Å². The van der Waals surface area contributed by atoms with E-state index in [1.807, 2.05) is 0 Å². The topological polar surface area (TPSA) is 158 Å². The summed E-state index contributed by atoms with van der Waals surface area (Å²) >= 11 is 0. The van der Waals surface area contributed by atoms with Crippen LogP contribution in [0.25, 0.3) is 0 Å². The van der Waals surface area contributed by atoms with Crippen molar-refractivity contribution in [1.82, 2.24) is 4.90 Å². The lowest BCUT2D eigenvalue weighted by atomic mass is 10.1.